The maximum absolute atomic E-state index is 12.2. The molecule has 114 valence electrons. The first kappa shape index (κ1) is 16.8. The van der Waals surface area contributed by atoms with Gasteiger partial charge in [-0.1, -0.05) is 20.8 Å². The minimum absolute atomic E-state index is 0.0994. The van der Waals surface area contributed by atoms with Crippen LogP contribution in [-0.4, -0.2) is 31.5 Å². The van der Waals surface area contributed by atoms with Crippen molar-refractivity contribution in [1.82, 2.24) is 5.32 Å². The molecular weight excluding hydrogens is 255 g/mol. The molecule has 0 aliphatic heterocycles. The van der Waals surface area contributed by atoms with Gasteiger partial charge in [0.1, 0.15) is 0 Å². The van der Waals surface area contributed by atoms with Gasteiger partial charge in [-0.25, -0.2) is 0 Å². The smallest absolute Gasteiger partial charge is 0.376 e. The van der Waals surface area contributed by atoms with Gasteiger partial charge in [0.2, 0.25) is 0 Å². The minimum Gasteiger partial charge on any atom is -0.376 e. The highest BCUT2D eigenvalue weighted by atomic mass is 19.4. The molecule has 0 aromatic rings. The van der Waals surface area contributed by atoms with Gasteiger partial charge < -0.3 is 10.1 Å². The average Bonchev–Trinajstić information content (AvgIpc) is 2.25. The first-order valence-corrected chi connectivity index (χ1v) is 7.15. The highest BCUT2D eigenvalue weighted by Crippen LogP contribution is 2.37. The molecule has 19 heavy (non-hydrogen) atoms. The van der Waals surface area contributed by atoms with Gasteiger partial charge in [0.05, 0.1) is 19.1 Å². The third-order valence-electron chi connectivity index (χ3n) is 3.71. The van der Waals surface area contributed by atoms with Gasteiger partial charge in [-0.05, 0) is 37.6 Å². The predicted octanol–water partition coefficient (Wildman–Crippen LogP) is 3.90. The second kappa shape index (κ2) is 6.93. The third kappa shape index (κ3) is 6.61. The van der Waals surface area contributed by atoms with Crippen molar-refractivity contribution in [3.05, 3.63) is 0 Å². The van der Waals surface area contributed by atoms with Gasteiger partial charge in [0.15, 0.2) is 0 Å². The zero-order chi connectivity index (χ0) is 14.5. The molecule has 1 rings (SSSR count). The topological polar surface area (TPSA) is 21.3 Å². The lowest BCUT2D eigenvalue weighted by Gasteiger charge is -2.41. The van der Waals surface area contributed by atoms with E-state index >= 15 is 0 Å². The summed E-state index contributed by atoms with van der Waals surface area (Å²) in [5, 5.41) is 3.40. The van der Waals surface area contributed by atoms with Gasteiger partial charge in [0, 0.05) is 6.04 Å². The lowest BCUT2D eigenvalue weighted by molar-refractivity contribution is -0.153. The maximum Gasteiger partial charge on any atom is 0.391 e. The Bertz CT molecular complexity index is 266. The second-order valence-electron chi connectivity index (χ2n) is 6.24. The Morgan fingerprint density at radius 1 is 1.32 bits per heavy atom. The van der Waals surface area contributed by atoms with E-state index in [9.17, 15) is 13.2 Å². The number of alkyl halides is 3. The minimum atomic E-state index is -4.13. The Morgan fingerprint density at radius 3 is 2.58 bits per heavy atom. The number of ether oxygens (including phenoxy) is 1. The molecule has 5 heteroatoms. The highest BCUT2D eigenvalue weighted by molar-refractivity contribution is 4.89. The molecule has 0 radical (unpaired) electrons. The van der Waals surface area contributed by atoms with Crippen molar-refractivity contribution >= 4 is 0 Å². The summed E-state index contributed by atoms with van der Waals surface area (Å²) in [6.45, 7) is 7.06. The number of nitrogens with one attached hydrogen (secondary N) is 1. The molecule has 1 N–H and O–H groups in total. The number of hydrogen-bond acceptors (Lipinski definition) is 2. The largest absolute Gasteiger partial charge is 0.391 e. The average molecular weight is 281 g/mol. The summed E-state index contributed by atoms with van der Waals surface area (Å²) >= 11 is 0. The van der Waals surface area contributed by atoms with E-state index in [0.29, 0.717) is 0 Å². The summed E-state index contributed by atoms with van der Waals surface area (Å²) in [7, 11) is 0. The fraction of sp³-hybridized carbons (Fsp3) is 1.00. The zero-order valence-corrected chi connectivity index (χ0v) is 12.1. The molecule has 2 unspecified atom stereocenters. The summed E-state index contributed by atoms with van der Waals surface area (Å²) in [5.74, 6) is 0. The SMILES string of the molecule is CCCNC1CCC(C)(C)CC1OCCC(F)(F)F. The molecule has 0 aromatic carbocycles. The Hall–Kier alpha value is -0.290. The van der Waals surface area contributed by atoms with Crippen LogP contribution in [0.1, 0.15) is 52.9 Å². The summed E-state index contributed by atoms with van der Waals surface area (Å²) < 4.78 is 42.0. The van der Waals surface area contributed by atoms with Crippen LogP contribution in [0.2, 0.25) is 0 Å². The molecule has 1 saturated carbocycles. The van der Waals surface area contributed by atoms with Gasteiger partial charge in [0.25, 0.3) is 0 Å². The number of rotatable bonds is 6. The van der Waals surface area contributed by atoms with Crippen LogP contribution >= 0.6 is 0 Å². The predicted molar refractivity (Wildman–Crippen MR) is 70.1 cm³/mol. The van der Waals surface area contributed by atoms with Crippen LogP contribution in [0, 0.1) is 5.41 Å². The lowest BCUT2D eigenvalue weighted by Crippen LogP contribution is -2.48. The van der Waals surface area contributed by atoms with E-state index in [1.54, 1.807) is 0 Å². The van der Waals surface area contributed by atoms with Gasteiger partial charge >= 0.3 is 6.18 Å². The van der Waals surface area contributed by atoms with Crippen LogP contribution in [0.4, 0.5) is 13.2 Å². The molecule has 0 aromatic heterocycles. The molecule has 0 saturated heterocycles. The van der Waals surface area contributed by atoms with Crippen LogP contribution < -0.4 is 5.32 Å². The van der Waals surface area contributed by atoms with Crippen molar-refractivity contribution in [2.24, 2.45) is 5.41 Å². The molecule has 0 spiro atoms. The van der Waals surface area contributed by atoms with Crippen molar-refractivity contribution in [2.75, 3.05) is 13.2 Å². The van der Waals surface area contributed by atoms with Gasteiger partial charge in [-0.2, -0.15) is 13.2 Å². The van der Waals surface area contributed by atoms with Gasteiger partial charge in [-0.3, -0.25) is 0 Å². The van der Waals surface area contributed by atoms with E-state index < -0.39 is 12.6 Å². The van der Waals surface area contributed by atoms with Crippen molar-refractivity contribution in [3.8, 4) is 0 Å². The zero-order valence-electron chi connectivity index (χ0n) is 12.1. The second-order valence-corrected chi connectivity index (χ2v) is 6.24. The van der Waals surface area contributed by atoms with Crippen molar-refractivity contribution in [1.29, 1.82) is 0 Å². The van der Waals surface area contributed by atoms with E-state index in [2.05, 4.69) is 26.1 Å². The molecule has 1 aliphatic carbocycles. The Balaban J connectivity index is 2.46. The van der Waals surface area contributed by atoms with Crippen molar-refractivity contribution in [3.63, 3.8) is 0 Å². The molecular formula is C14H26F3NO. The first-order valence-electron chi connectivity index (χ1n) is 7.15. The molecule has 1 fully saturated rings. The summed E-state index contributed by atoms with van der Waals surface area (Å²) in [4.78, 5) is 0. The fourth-order valence-electron chi connectivity index (χ4n) is 2.59. The first-order chi connectivity index (χ1) is 8.73. The molecule has 2 nitrogen and oxygen atoms in total. The Kier molecular flexibility index (Phi) is 6.12. The highest BCUT2D eigenvalue weighted by Gasteiger charge is 2.36. The summed E-state index contributed by atoms with van der Waals surface area (Å²) in [6, 6.07) is 0.196. The molecule has 0 amide bonds. The molecule has 2 atom stereocenters. The Labute approximate surface area is 114 Å². The van der Waals surface area contributed by atoms with E-state index in [4.69, 9.17) is 4.74 Å². The number of halogens is 3. The Morgan fingerprint density at radius 2 is 2.00 bits per heavy atom. The van der Waals surface area contributed by atoms with Crippen LogP contribution in [-0.2, 0) is 4.74 Å². The summed E-state index contributed by atoms with van der Waals surface area (Å²) in [6.07, 6.45) is -1.17. The van der Waals surface area contributed by atoms with E-state index in [1.807, 2.05) is 0 Å². The van der Waals surface area contributed by atoms with E-state index in [1.165, 1.54) is 0 Å². The van der Waals surface area contributed by atoms with Crippen LogP contribution in [0.25, 0.3) is 0 Å². The standard InChI is InChI=1S/C14H26F3NO/c1-4-8-18-11-5-6-13(2,3)10-12(11)19-9-7-14(15,16)17/h11-12,18H,4-10H2,1-3H3. The van der Waals surface area contributed by atoms with Crippen molar-refractivity contribution < 1.29 is 17.9 Å². The normalized spacial score (nSPS) is 27.5. The number of hydrogen-bond donors (Lipinski definition) is 1. The summed E-state index contributed by atoms with van der Waals surface area (Å²) in [5.41, 5.74) is 0.160. The van der Waals surface area contributed by atoms with E-state index in [0.717, 1.165) is 32.2 Å². The van der Waals surface area contributed by atoms with Crippen molar-refractivity contribution in [2.45, 2.75) is 71.2 Å². The molecule has 0 bridgehead atoms. The maximum atomic E-state index is 12.2. The van der Waals surface area contributed by atoms with Crippen LogP contribution in [0.3, 0.4) is 0 Å². The lowest BCUT2D eigenvalue weighted by atomic mass is 9.74. The monoisotopic (exact) mass is 281 g/mol. The van der Waals surface area contributed by atoms with Gasteiger partial charge in [-0.15, -0.1) is 0 Å². The van der Waals surface area contributed by atoms with Crippen LogP contribution in [0.5, 0.6) is 0 Å². The van der Waals surface area contributed by atoms with E-state index in [-0.39, 0.29) is 24.2 Å². The molecule has 0 heterocycles. The van der Waals surface area contributed by atoms with Crippen LogP contribution in [0.15, 0.2) is 0 Å². The quantitative estimate of drug-likeness (QED) is 0.797. The third-order valence-corrected chi connectivity index (χ3v) is 3.71. The fourth-order valence-corrected chi connectivity index (χ4v) is 2.59. The molecule has 1 aliphatic rings.